The van der Waals surface area contributed by atoms with Crippen molar-refractivity contribution in [2.24, 2.45) is 0 Å². The van der Waals surface area contributed by atoms with Crippen LogP contribution < -0.4 is 4.74 Å². The average molecular weight is 206 g/mol. The minimum absolute atomic E-state index is 0.00954. The van der Waals surface area contributed by atoms with Crippen LogP contribution in [0.25, 0.3) is 0 Å². The number of ether oxygens (including phenoxy) is 1. The van der Waals surface area contributed by atoms with E-state index in [-0.39, 0.29) is 6.61 Å². The summed E-state index contributed by atoms with van der Waals surface area (Å²) in [6.07, 6.45) is 0.917. The number of para-hydroxylation sites is 1. The van der Waals surface area contributed by atoms with Gasteiger partial charge in [0.05, 0.1) is 6.61 Å². The Balaban J connectivity index is 2.78. The van der Waals surface area contributed by atoms with Crippen molar-refractivity contribution in [3.8, 4) is 5.75 Å². The molecule has 0 amide bonds. The molecule has 0 aliphatic heterocycles. The lowest BCUT2D eigenvalue weighted by atomic mass is 10.1. The van der Waals surface area contributed by atoms with E-state index in [9.17, 15) is 0 Å². The Morgan fingerprint density at radius 2 is 2.20 bits per heavy atom. The van der Waals surface area contributed by atoms with Gasteiger partial charge in [-0.25, -0.2) is 0 Å². The van der Waals surface area contributed by atoms with Crippen LogP contribution >= 0.6 is 0 Å². The van der Waals surface area contributed by atoms with Gasteiger partial charge in [0.2, 0.25) is 0 Å². The second-order valence-corrected chi connectivity index (χ2v) is 3.61. The maximum Gasteiger partial charge on any atom is 0.128 e. The molecule has 0 aliphatic carbocycles. The molecule has 1 rings (SSSR count). The van der Waals surface area contributed by atoms with Crippen LogP contribution in [0.5, 0.6) is 5.75 Å². The molecule has 15 heavy (non-hydrogen) atoms. The van der Waals surface area contributed by atoms with Gasteiger partial charge in [-0.2, -0.15) is 0 Å². The summed E-state index contributed by atoms with van der Waals surface area (Å²) in [5.74, 6) is 0.787. The van der Waals surface area contributed by atoms with Crippen LogP contribution in [0, 0.1) is 6.92 Å². The fraction of sp³-hybridized carbons (Fsp3) is 0.385. The predicted octanol–water partition coefficient (Wildman–Crippen LogP) is 2.83. The van der Waals surface area contributed by atoms with Gasteiger partial charge in [0.15, 0.2) is 0 Å². The lowest BCUT2D eigenvalue weighted by molar-refractivity contribution is 0.268. The molecule has 0 saturated carbocycles. The van der Waals surface area contributed by atoms with Crippen molar-refractivity contribution in [3.63, 3.8) is 0 Å². The molecule has 2 heteroatoms. The summed E-state index contributed by atoms with van der Waals surface area (Å²) in [4.78, 5) is 0. The van der Waals surface area contributed by atoms with Gasteiger partial charge in [0.1, 0.15) is 12.4 Å². The van der Waals surface area contributed by atoms with Gasteiger partial charge in [-0.1, -0.05) is 31.7 Å². The summed E-state index contributed by atoms with van der Waals surface area (Å²) < 4.78 is 5.65. The summed E-state index contributed by atoms with van der Waals surface area (Å²) in [6.45, 7) is 8.45. The zero-order valence-corrected chi connectivity index (χ0v) is 9.42. The van der Waals surface area contributed by atoms with Gasteiger partial charge in [0.25, 0.3) is 0 Å². The molecule has 0 saturated heterocycles. The zero-order chi connectivity index (χ0) is 11.3. The van der Waals surface area contributed by atoms with E-state index >= 15 is 0 Å². The highest BCUT2D eigenvalue weighted by atomic mass is 16.5. The number of aliphatic hydroxyl groups is 1. The van der Waals surface area contributed by atoms with E-state index in [1.165, 1.54) is 0 Å². The Morgan fingerprint density at radius 1 is 1.47 bits per heavy atom. The van der Waals surface area contributed by atoms with Crippen LogP contribution in [0.4, 0.5) is 0 Å². The molecule has 0 atom stereocenters. The average Bonchev–Trinajstić information content (AvgIpc) is 2.26. The summed E-state index contributed by atoms with van der Waals surface area (Å²) in [7, 11) is 0. The third-order valence-corrected chi connectivity index (χ3v) is 2.38. The van der Waals surface area contributed by atoms with Gasteiger partial charge < -0.3 is 9.84 Å². The molecule has 2 nitrogen and oxygen atoms in total. The van der Waals surface area contributed by atoms with Gasteiger partial charge in [-0.3, -0.25) is 0 Å². The molecule has 0 unspecified atom stereocenters. The fourth-order valence-electron chi connectivity index (χ4n) is 1.32. The topological polar surface area (TPSA) is 29.5 Å². The smallest absolute Gasteiger partial charge is 0.128 e. The zero-order valence-electron chi connectivity index (χ0n) is 9.42. The van der Waals surface area contributed by atoms with Crippen molar-refractivity contribution >= 4 is 0 Å². The molecule has 1 aromatic rings. The SMILES string of the molecule is C=C(CC)COc1c(C)cccc1CO. The Bertz CT molecular complexity index is 342. The first kappa shape index (κ1) is 11.8. The first-order valence-corrected chi connectivity index (χ1v) is 5.17. The minimum atomic E-state index is 0.00954. The highest BCUT2D eigenvalue weighted by molar-refractivity contribution is 5.40. The normalized spacial score (nSPS) is 10.1. The van der Waals surface area contributed by atoms with Crippen molar-refractivity contribution in [1.82, 2.24) is 0 Å². The molecular formula is C13H18O2. The lowest BCUT2D eigenvalue weighted by Gasteiger charge is -2.13. The Labute approximate surface area is 91.2 Å². The van der Waals surface area contributed by atoms with Crippen molar-refractivity contribution in [3.05, 3.63) is 41.5 Å². The molecule has 0 aliphatic rings. The summed E-state index contributed by atoms with van der Waals surface area (Å²) >= 11 is 0. The minimum Gasteiger partial charge on any atom is -0.489 e. The number of hydrogen-bond acceptors (Lipinski definition) is 2. The molecule has 0 fully saturated rings. The predicted molar refractivity (Wildman–Crippen MR) is 62.0 cm³/mol. The third kappa shape index (κ3) is 3.10. The summed E-state index contributed by atoms with van der Waals surface area (Å²) in [5, 5.41) is 9.16. The highest BCUT2D eigenvalue weighted by Gasteiger charge is 2.05. The summed E-state index contributed by atoms with van der Waals surface area (Å²) in [6, 6.07) is 5.77. The third-order valence-electron chi connectivity index (χ3n) is 2.38. The van der Waals surface area contributed by atoms with E-state index < -0.39 is 0 Å². The Hall–Kier alpha value is -1.28. The molecule has 0 bridgehead atoms. The first-order valence-electron chi connectivity index (χ1n) is 5.17. The van der Waals surface area contributed by atoms with E-state index in [1.54, 1.807) is 0 Å². The Kier molecular flexibility index (Phi) is 4.37. The maximum atomic E-state index is 9.16. The van der Waals surface area contributed by atoms with Crippen LogP contribution in [0.1, 0.15) is 24.5 Å². The van der Waals surface area contributed by atoms with E-state index in [1.807, 2.05) is 25.1 Å². The van der Waals surface area contributed by atoms with Gasteiger partial charge in [-0.05, 0) is 24.5 Å². The van der Waals surface area contributed by atoms with Crippen LogP contribution in [0.3, 0.4) is 0 Å². The number of aliphatic hydroxyl groups excluding tert-OH is 1. The number of hydrogen-bond donors (Lipinski definition) is 1. The van der Waals surface area contributed by atoms with E-state index in [0.29, 0.717) is 6.61 Å². The second kappa shape index (κ2) is 5.56. The van der Waals surface area contributed by atoms with E-state index in [4.69, 9.17) is 9.84 Å². The molecule has 82 valence electrons. The first-order chi connectivity index (χ1) is 7.19. The molecule has 0 spiro atoms. The molecular weight excluding hydrogens is 188 g/mol. The van der Waals surface area contributed by atoms with Crippen LogP contribution in [-0.4, -0.2) is 11.7 Å². The van der Waals surface area contributed by atoms with Crippen LogP contribution in [0.15, 0.2) is 30.4 Å². The molecule has 0 aromatic heterocycles. The van der Waals surface area contributed by atoms with Crippen molar-refractivity contribution in [2.45, 2.75) is 26.9 Å². The Morgan fingerprint density at radius 3 is 2.80 bits per heavy atom. The lowest BCUT2D eigenvalue weighted by Crippen LogP contribution is -2.03. The fourth-order valence-corrected chi connectivity index (χ4v) is 1.32. The van der Waals surface area contributed by atoms with E-state index in [0.717, 1.165) is 28.9 Å². The number of aryl methyl sites for hydroxylation is 1. The van der Waals surface area contributed by atoms with Gasteiger partial charge in [-0.15, -0.1) is 0 Å². The van der Waals surface area contributed by atoms with Crippen molar-refractivity contribution < 1.29 is 9.84 Å². The van der Waals surface area contributed by atoms with Crippen LogP contribution in [0.2, 0.25) is 0 Å². The van der Waals surface area contributed by atoms with Crippen LogP contribution in [-0.2, 0) is 6.61 Å². The molecule has 0 heterocycles. The summed E-state index contributed by atoms with van der Waals surface area (Å²) in [5.41, 5.74) is 2.94. The number of rotatable bonds is 5. The monoisotopic (exact) mass is 206 g/mol. The van der Waals surface area contributed by atoms with Crippen molar-refractivity contribution in [1.29, 1.82) is 0 Å². The van der Waals surface area contributed by atoms with Gasteiger partial charge in [0, 0.05) is 5.56 Å². The van der Waals surface area contributed by atoms with E-state index in [2.05, 4.69) is 13.5 Å². The highest BCUT2D eigenvalue weighted by Crippen LogP contribution is 2.23. The molecule has 1 N–H and O–H groups in total. The standard InChI is InChI=1S/C13H18O2/c1-4-10(2)9-15-13-11(3)6-5-7-12(13)8-14/h5-7,14H,2,4,8-9H2,1,3H3. The second-order valence-electron chi connectivity index (χ2n) is 3.61. The largest absolute Gasteiger partial charge is 0.489 e. The molecule has 1 aromatic carbocycles. The number of benzene rings is 1. The quantitative estimate of drug-likeness (QED) is 0.751. The molecule has 0 radical (unpaired) electrons. The van der Waals surface area contributed by atoms with Crippen molar-refractivity contribution in [2.75, 3.05) is 6.61 Å². The van der Waals surface area contributed by atoms with Gasteiger partial charge >= 0.3 is 0 Å². The maximum absolute atomic E-state index is 9.16.